The predicted molar refractivity (Wildman–Crippen MR) is 137 cm³/mol. The number of nitrogen functional groups attached to an aromatic ring is 1. The molecular weight excluding hydrogens is 497 g/mol. The van der Waals surface area contributed by atoms with Crippen LogP contribution in [0.15, 0.2) is 55.1 Å². The van der Waals surface area contributed by atoms with Crippen molar-refractivity contribution in [3.8, 4) is 0 Å². The second kappa shape index (κ2) is 10.6. The number of benzene rings is 1. The molecule has 12 nitrogen and oxygen atoms in total. The fraction of sp³-hybridized carbons (Fsp3) is 0.417. The molecule has 4 N–H and O–H groups in total. The lowest BCUT2D eigenvalue weighted by atomic mass is 10.1. The number of aromatic nitrogens is 4. The molecular formula is C24H30N7O5P. The zero-order chi connectivity index (χ0) is 26.0. The number of imidazole rings is 1. The van der Waals surface area contributed by atoms with Crippen molar-refractivity contribution >= 4 is 36.4 Å². The molecule has 5 rings (SSSR count). The molecule has 2 heterocycles. The van der Waals surface area contributed by atoms with Crippen molar-refractivity contribution in [2.75, 3.05) is 24.0 Å². The normalized spacial score (nSPS) is 21.6. The van der Waals surface area contributed by atoms with Crippen molar-refractivity contribution in [1.29, 1.82) is 0 Å². The number of fused-ring (bicyclic) bond motifs is 1. The number of hydrogen-bond donors (Lipinski definition) is 2. The summed E-state index contributed by atoms with van der Waals surface area (Å²) in [6.45, 7) is 2.12. The van der Waals surface area contributed by atoms with E-state index in [1.165, 1.54) is 11.4 Å². The van der Waals surface area contributed by atoms with Gasteiger partial charge in [-0.1, -0.05) is 30.4 Å². The standard InChI is InChI=1S/C24H30N7O5P/c1-16(31(34-12-17-7-8-17)19-5-3-2-4-6-19)24(32)36-37(26,33)35-13-18-9-10-20(11-18)30-15-29-21-22(25)27-14-28-23(21)30/h2-6,9-10,14-18,20H,7-8,11-13H2,1H3,(H2,26,33)(H2,25,27,28)/t16-,18-,20+,37?/m0/s1. The first-order valence-corrected chi connectivity index (χ1v) is 13.8. The minimum absolute atomic E-state index is 0.0206. The minimum Gasteiger partial charge on any atom is -0.382 e. The molecule has 196 valence electrons. The Kier molecular flexibility index (Phi) is 7.25. The third-order valence-electron chi connectivity index (χ3n) is 6.43. The Bertz CT molecular complexity index is 1330. The van der Waals surface area contributed by atoms with Crippen LogP contribution in [0.25, 0.3) is 11.2 Å². The minimum atomic E-state index is -4.16. The average Bonchev–Trinajstić information content (AvgIpc) is 3.41. The lowest BCUT2D eigenvalue weighted by molar-refractivity contribution is -0.138. The highest BCUT2D eigenvalue weighted by Crippen LogP contribution is 2.42. The number of hydrogen-bond acceptors (Lipinski definition) is 10. The molecule has 37 heavy (non-hydrogen) atoms. The lowest BCUT2D eigenvalue weighted by Crippen LogP contribution is -2.40. The first-order valence-electron chi connectivity index (χ1n) is 12.2. The second-order valence-corrected chi connectivity index (χ2v) is 10.9. The molecule has 1 unspecified atom stereocenters. The zero-order valence-corrected chi connectivity index (χ0v) is 21.3. The number of para-hydroxylation sites is 1. The Hall–Kier alpha value is -3.31. The molecule has 1 aromatic carbocycles. The molecule has 2 aliphatic rings. The van der Waals surface area contributed by atoms with Crippen LogP contribution in [0.5, 0.6) is 0 Å². The Morgan fingerprint density at radius 2 is 1.97 bits per heavy atom. The zero-order valence-electron chi connectivity index (χ0n) is 20.4. The second-order valence-electron chi connectivity index (χ2n) is 9.35. The molecule has 0 aliphatic heterocycles. The number of hydroxylamine groups is 1. The molecule has 2 aliphatic carbocycles. The number of carbonyl (C=O) groups excluding carboxylic acids is 1. The van der Waals surface area contributed by atoms with E-state index in [2.05, 4.69) is 15.0 Å². The predicted octanol–water partition coefficient (Wildman–Crippen LogP) is 3.39. The Labute approximate surface area is 214 Å². The van der Waals surface area contributed by atoms with Crippen molar-refractivity contribution in [3.05, 3.63) is 55.1 Å². The van der Waals surface area contributed by atoms with Crippen LogP contribution >= 0.6 is 7.75 Å². The number of allylic oxidation sites excluding steroid dienone is 1. The van der Waals surface area contributed by atoms with E-state index in [-0.39, 0.29) is 18.6 Å². The van der Waals surface area contributed by atoms with E-state index >= 15 is 0 Å². The molecule has 0 saturated heterocycles. The van der Waals surface area contributed by atoms with E-state index in [0.29, 0.717) is 41.6 Å². The van der Waals surface area contributed by atoms with Crippen LogP contribution in [0.3, 0.4) is 0 Å². The average molecular weight is 528 g/mol. The van der Waals surface area contributed by atoms with Gasteiger partial charge in [0.25, 0.3) is 0 Å². The van der Waals surface area contributed by atoms with Crippen molar-refractivity contribution in [2.45, 2.75) is 38.3 Å². The molecule has 4 atom stereocenters. The van der Waals surface area contributed by atoms with Gasteiger partial charge in [0.1, 0.15) is 11.8 Å². The maximum atomic E-state index is 12.9. The van der Waals surface area contributed by atoms with E-state index in [0.717, 1.165) is 12.8 Å². The monoisotopic (exact) mass is 527 g/mol. The summed E-state index contributed by atoms with van der Waals surface area (Å²) in [5.74, 6) is -0.105. The van der Waals surface area contributed by atoms with Gasteiger partial charge >= 0.3 is 13.7 Å². The van der Waals surface area contributed by atoms with Crippen LogP contribution in [0.4, 0.5) is 11.5 Å². The smallest absolute Gasteiger partial charge is 0.382 e. The largest absolute Gasteiger partial charge is 0.458 e. The fourth-order valence-electron chi connectivity index (χ4n) is 4.17. The first kappa shape index (κ1) is 25.3. The van der Waals surface area contributed by atoms with Gasteiger partial charge in [-0.2, -0.15) is 0 Å². The number of nitrogens with zero attached hydrogens (tertiary/aromatic N) is 5. The summed E-state index contributed by atoms with van der Waals surface area (Å²) in [5.41, 5.74) is 13.5. The fourth-order valence-corrected chi connectivity index (χ4v) is 5.03. The van der Waals surface area contributed by atoms with Crippen molar-refractivity contribution < 1.29 is 23.2 Å². The lowest BCUT2D eigenvalue weighted by Gasteiger charge is -2.29. The van der Waals surface area contributed by atoms with Gasteiger partial charge in [-0.25, -0.2) is 34.9 Å². The highest BCUT2D eigenvalue weighted by atomic mass is 31.2. The van der Waals surface area contributed by atoms with Crippen LogP contribution < -0.4 is 16.3 Å². The van der Waals surface area contributed by atoms with Crippen molar-refractivity contribution in [1.82, 2.24) is 19.5 Å². The maximum Gasteiger partial charge on any atom is 0.458 e. The maximum absolute atomic E-state index is 12.9. The Morgan fingerprint density at radius 3 is 2.73 bits per heavy atom. The Morgan fingerprint density at radius 1 is 1.19 bits per heavy atom. The molecule has 1 saturated carbocycles. The summed E-state index contributed by atoms with van der Waals surface area (Å²) in [4.78, 5) is 31.3. The van der Waals surface area contributed by atoms with Crippen LogP contribution in [0.1, 0.15) is 32.2 Å². The topological polar surface area (TPSA) is 161 Å². The van der Waals surface area contributed by atoms with Gasteiger partial charge in [0.15, 0.2) is 17.5 Å². The van der Waals surface area contributed by atoms with E-state index in [1.807, 2.05) is 47.1 Å². The van der Waals surface area contributed by atoms with Crippen LogP contribution in [0.2, 0.25) is 0 Å². The van der Waals surface area contributed by atoms with Gasteiger partial charge < -0.3 is 14.8 Å². The number of nitrogens with two attached hydrogens (primary N) is 2. The quantitative estimate of drug-likeness (QED) is 0.214. The highest BCUT2D eigenvalue weighted by Gasteiger charge is 2.34. The van der Waals surface area contributed by atoms with E-state index in [4.69, 9.17) is 25.1 Å². The Balaban J connectivity index is 1.16. The molecule has 0 spiro atoms. The van der Waals surface area contributed by atoms with Crippen molar-refractivity contribution in [3.63, 3.8) is 0 Å². The van der Waals surface area contributed by atoms with Crippen LogP contribution in [-0.2, 0) is 23.2 Å². The van der Waals surface area contributed by atoms with Gasteiger partial charge in [0.2, 0.25) is 0 Å². The summed E-state index contributed by atoms with van der Waals surface area (Å²) >= 11 is 0. The molecule has 0 bridgehead atoms. The first-order chi connectivity index (χ1) is 17.8. The number of carbonyl (C=O) groups is 1. The molecule has 13 heteroatoms. The molecule has 3 aromatic rings. The van der Waals surface area contributed by atoms with E-state index in [1.54, 1.807) is 13.3 Å². The van der Waals surface area contributed by atoms with Gasteiger partial charge in [0.05, 0.1) is 31.3 Å². The summed E-state index contributed by atoms with van der Waals surface area (Å²) in [5, 5.41) is 1.47. The summed E-state index contributed by atoms with van der Waals surface area (Å²) in [6.07, 6.45) is 9.81. The summed E-state index contributed by atoms with van der Waals surface area (Å²) < 4.78 is 25.3. The highest BCUT2D eigenvalue weighted by molar-refractivity contribution is 7.51. The van der Waals surface area contributed by atoms with E-state index in [9.17, 15) is 9.36 Å². The SMILES string of the molecule is C[C@@H](C(=O)OP(N)(=O)OC[C@H]1C=C[C@@H](n2cnc3c(N)ncnc32)C1)N(OCC1CC1)c1ccccc1. The van der Waals surface area contributed by atoms with Gasteiger partial charge in [-0.3, -0.25) is 9.36 Å². The molecule has 1 fully saturated rings. The molecule has 0 amide bonds. The summed E-state index contributed by atoms with van der Waals surface area (Å²) in [6, 6.07) is 8.26. The van der Waals surface area contributed by atoms with Crippen LogP contribution in [-0.4, -0.2) is 44.7 Å². The van der Waals surface area contributed by atoms with Gasteiger partial charge in [-0.05, 0) is 44.2 Å². The van der Waals surface area contributed by atoms with E-state index < -0.39 is 19.8 Å². The summed E-state index contributed by atoms with van der Waals surface area (Å²) in [7, 11) is -4.16. The van der Waals surface area contributed by atoms with Crippen molar-refractivity contribution in [2.24, 2.45) is 17.3 Å². The number of rotatable bonds is 11. The molecule has 2 aromatic heterocycles. The third-order valence-corrected chi connectivity index (χ3v) is 7.37. The van der Waals surface area contributed by atoms with Crippen LogP contribution in [0, 0.1) is 11.8 Å². The van der Waals surface area contributed by atoms with Gasteiger partial charge in [-0.15, -0.1) is 0 Å². The van der Waals surface area contributed by atoms with Gasteiger partial charge in [0, 0.05) is 5.92 Å². The third kappa shape index (κ3) is 5.99. The molecule has 0 radical (unpaired) electrons. The number of anilines is 2.